The van der Waals surface area contributed by atoms with Crippen molar-refractivity contribution < 1.29 is 8.75 Å². The Morgan fingerprint density at radius 3 is 2.71 bits per heavy atom. The first kappa shape index (κ1) is 11.6. The molecule has 1 aromatic carbocycles. The van der Waals surface area contributed by atoms with E-state index in [0.29, 0.717) is 24.3 Å². The van der Waals surface area contributed by atoms with E-state index in [1.807, 2.05) is 30.3 Å². The fourth-order valence-electron chi connectivity index (χ4n) is 1.34. The Morgan fingerprint density at radius 2 is 2.00 bits per heavy atom. The minimum absolute atomic E-state index is 0.0296. The standard InChI is InChI=1S/C10H9N3O3S/c14-13(15)17-10-12-11-9(16-10)7-6-8-4-2-1-3-5-8/h1-5H,6-7H2. The summed E-state index contributed by atoms with van der Waals surface area (Å²) >= 11 is 0.323. The molecule has 0 saturated carbocycles. The van der Waals surface area contributed by atoms with Gasteiger partial charge in [-0.15, -0.1) is 5.10 Å². The molecule has 0 amide bonds. The topological polar surface area (TPSA) is 82.1 Å². The number of aryl methyl sites for hydroxylation is 2. The van der Waals surface area contributed by atoms with Gasteiger partial charge in [-0.2, -0.15) is 0 Å². The van der Waals surface area contributed by atoms with E-state index < -0.39 is 4.33 Å². The highest BCUT2D eigenvalue weighted by Crippen LogP contribution is 2.16. The van der Waals surface area contributed by atoms with Gasteiger partial charge in [0.2, 0.25) is 5.89 Å². The quantitative estimate of drug-likeness (QED) is 0.460. The van der Waals surface area contributed by atoms with Crippen LogP contribution in [0.3, 0.4) is 0 Å². The third-order valence-electron chi connectivity index (χ3n) is 2.07. The van der Waals surface area contributed by atoms with E-state index in [0.717, 1.165) is 12.0 Å². The maximum Gasteiger partial charge on any atom is 0.352 e. The smallest absolute Gasteiger partial charge is 0.352 e. The Bertz CT molecular complexity index is 501. The summed E-state index contributed by atoms with van der Waals surface area (Å²) in [5.41, 5.74) is 1.16. The Kier molecular flexibility index (Phi) is 3.71. The van der Waals surface area contributed by atoms with Crippen LogP contribution in [0.15, 0.2) is 40.0 Å². The monoisotopic (exact) mass is 251 g/mol. The number of hydrogen-bond acceptors (Lipinski definition) is 6. The normalized spacial score (nSPS) is 10.4. The molecule has 88 valence electrons. The Morgan fingerprint density at radius 1 is 1.24 bits per heavy atom. The van der Waals surface area contributed by atoms with E-state index in [1.165, 1.54) is 0 Å². The van der Waals surface area contributed by atoms with Crippen molar-refractivity contribution in [1.29, 1.82) is 0 Å². The largest absolute Gasteiger partial charge is 0.412 e. The van der Waals surface area contributed by atoms with Crippen LogP contribution in [-0.4, -0.2) is 14.5 Å². The van der Waals surface area contributed by atoms with Gasteiger partial charge in [-0.3, -0.25) is 10.1 Å². The molecule has 1 heterocycles. The second-order valence-corrected chi connectivity index (χ2v) is 4.09. The molecule has 1 aromatic heterocycles. The van der Waals surface area contributed by atoms with Gasteiger partial charge in [0, 0.05) is 6.42 Å². The Labute approximate surface area is 101 Å². The molecule has 2 rings (SSSR count). The SMILES string of the molecule is O=[N+]([O-])Sc1nnc(CCc2ccccc2)o1. The molecular formula is C10H9N3O3S. The van der Waals surface area contributed by atoms with Crippen LogP contribution in [0.4, 0.5) is 0 Å². The first-order valence-electron chi connectivity index (χ1n) is 4.93. The zero-order valence-electron chi connectivity index (χ0n) is 8.78. The number of benzene rings is 1. The molecule has 0 atom stereocenters. The van der Waals surface area contributed by atoms with Gasteiger partial charge in [-0.1, -0.05) is 35.4 Å². The lowest BCUT2D eigenvalue weighted by atomic mass is 10.1. The van der Waals surface area contributed by atoms with Crippen LogP contribution in [0.5, 0.6) is 0 Å². The molecule has 0 N–H and O–H groups in total. The zero-order chi connectivity index (χ0) is 12.1. The van der Waals surface area contributed by atoms with Crippen LogP contribution in [0.2, 0.25) is 0 Å². The van der Waals surface area contributed by atoms with Crippen molar-refractivity contribution in [1.82, 2.24) is 10.2 Å². The van der Waals surface area contributed by atoms with E-state index in [1.54, 1.807) is 0 Å². The number of nitrogens with zero attached hydrogens (tertiary/aromatic N) is 3. The van der Waals surface area contributed by atoms with Crippen LogP contribution in [0, 0.1) is 10.1 Å². The van der Waals surface area contributed by atoms with Gasteiger partial charge < -0.3 is 4.42 Å². The molecule has 0 saturated heterocycles. The van der Waals surface area contributed by atoms with Crippen molar-refractivity contribution >= 4 is 11.9 Å². The molecule has 0 bridgehead atoms. The highest BCUT2D eigenvalue weighted by Gasteiger charge is 2.14. The fourth-order valence-corrected chi connectivity index (χ4v) is 1.67. The van der Waals surface area contributed by atoms with Gasteiger partial charge in [0.05, 0.1) is 0 Å². The molecule has 0 aliphatic heterocycles. The van der Waals surface area contributed by atoms with Gasteiger partial charge in [0.1, 0.15) is 4.33 Å². The predicted octanol–water partition coefficient (Wildman–Crippen LogP) is 2.14. The van der Waals surface area contributed by atoms with Gasteiger partial charge in [0.15, 0.2) is 0 Å². The molecule has 0 radical (unpaired) electrons. The lowest BCUT2D eigenvalue weighted by Gasteiger charge is -1.96. The predicted molar refractivity (Wildman–Crippen MR) is 61.0 cm³/mol. The molecule has 0 unspecified atom stereocenters. The van der Waals surface area contributed by atoms with Crippen LogP contribution in [0.1, 0.15) is 11.5 Å². The summed E-state index contributed by atoms with van der Waals surface area (Å²) in [6, 6.07) is 9.86. The molecule has 0 aliphatic carbocycles. The van der Waals surface area contributed by atoms with Crippen molar-refractivity contribution in [3.8, 4) is 0 Å². The Balaban J connectivity index is 1.91. The minimum atomic E-state index is -0.575. The van der Waals surface area contributed by atoms with Gasteiger partial charge >= 0.3 is 17.2 Å². The van der Waals surface area contributed by atoms with E-state index >= 15 is 0 Å². The highest BCUT2D eigenvalue weighted by molar-refractivity contribution is 7.93. The number of hydrogen-bond donors (Lipinski definition) is 0. The summed E-state index contributed by atoms with van der Waals surface area (Å²) in [7, 11) is 0. The fraction of sp³-hybridized carbons (Fsp3) is 0.200. The molecule has 6 nitrogen and oxygen atoms in total. The molecule has 7 heteroatoms. The molecule has 2 aromatic rings. The number of rotatable bonds is 5. The first-order chi connectivity index (χ1) is 8.24. The van der Waals surface area contributed by atoms with Crippen molar-refractivity contribution in [2.45, 2.75) is 18.1 Å². The second-order valence-electron chi connectivity index (χ2n) is 3.26. The number of nitro groups is 1. The van der Waals surface area contributed by atoms with Crippen molar-refractivity contribution in [3.63, 3.8) is 0 Å². The van der Waals surface area contributed by atoms with Crippen LogP contribution >= 0.6 is 11.9 Å². The summed E-state index contributed by atoms with van der Waals surface area (Å²) in [6.45, 7) is 0. The lowest BCUT2D eigenvalue weighted by molar-refractivity contribution is -0.285. The molecule has 17 heavy (non-hydrogen) atoms. The average Bonchev–Trinajstić information content (AvgIpc) is 2.75. The van der Waals surface area contributed by atoms with Crippen LogP contribution in [-0.2, 0) is 12.8 Å². The summed E-state index contributed by atoms with van der Waals surface area (Å²) in [6.07, 6.45) is 1.35. The number of aromatic nitrogens is 2. The van der Waals surface area contributed by atoms with Crippen molar-refractivity contribution in [2.24, 2.45) is 0 Å². The van der Waals surface area contributed by atoms with Crippen molar-refractivity contribution in [2.75, 3.05) is 0 Å². The third-order valence-corrected chi connectivity index (χ3v) is 2.54. The van der Waals surface area contributed by atoms with Gasteiger partial charge in [0.25, 0.3) is 0 Å². The lowest BCUT2D eigenvalue weighted by Crippen LogP contribution is -1.90. The molecular weight excluding hydrogens is 242 g/mol. The maximum atomic E-state index is 10.2. The third kappa shape index (κ3) is 3.56. The summed E-state index contributed by atoms with van der Waals surface area (Å²) < 4.78 is 4.54. The van der Waals surface area contributed by atoms with E-state index in [2.05, 4.69) is 10.2 Å². The van der Waals surface area contributed by atoms with E-state index in [-0.39, 0.29) is 5.22 Å². The second kappa shape index (κ2) is 5.44. The first-order valence-corrected chi connectivity index (χ1v) is 5.70. The minimum Gasteiger partial charge on any atom is -0.412 e. The van der Waals surface area contributed by atoms with Gasteiger partial charge in [-0.05, 0) is 12.0 Å². The molecule has 0 aliphatic rings. The van der Waals surface area contributed by atoms with Crippen molar-refractivity contribution in [3.05, 3.63) is 51.9 Å². The van der Waals surface area contributed by atoms with Crippen LogP contribution in [0.25, 0.3) is 0 Å². The van der Waals surface area contributed by atoms with E-state index in [9.17, 15) is 10.1 Å². The molecule has 0 spiro atoms. The Hall–Kier alpha value is -1.89. The average molecular weight is 251 g/mol. The van der Waals surface area contributed by atoms with Gasteiger partial charge in [-0.25, -0.2) is 0 Å². The maximum absolute atomic E-state index is 10.2. The summed E-state index contributed by atoms with van der Waals surface area (Å²) in [5, 5.41) is 17.5. The molecule has 0 fully saturated rings. The van der Waals surface area contributed by atoms with E-state index in [4.69, 9.17) is 4.42 Å². The summed E-state index contributed by atoms with van der Waals surface area (Å²) in [4.78, 5) is 10.2. The highest BCUT2D eigenvalue weighted by atomic mass is 32.2. The van der Waals surface area contributed by atoms with Crippen LogP contribution < -0.4 is 0 Å². The summed E-state index contributed by atoms with van der Waals surface area (Å²) in [5.74, 6) is 0.415. The zero-order valence-corrected chi connectivity index (χ0v) is 9.59.